The number of thioether (sulfide) groups is 1. The second-order valence-corrected chi connectivity index (χ2v) is 5.90. The molecule has 3 aromatic rings. The van der Waals surface area contributed by atoms with Crippen LogP contribution >= 0.6 is 23.1 Å². The van der Waals surface area contributed by atoms with Crippen LogP contribution in [0.1, 0.15) is 11.1 Å². The standard InChI is InChI=1S/C17H14S2/c1-18-11-15(13-7-3-2-4-8-13)16-12-19-17-10-6-5-9-14(16)17/h2-12H,1H3/b15-11+. The fourth-order valence-electron chi connectivity index (χ4n) is 2.21. The summed E-state index contributed by atoms with van der Waals surface area (Å²) in [6, 6.07) is 19.2. The zero-order chi connectivity index (χ0) is 13.1. The van der Waals surface area contributed by atoms with Crippen LogP contribution in [0, 0.1) is 0 Å². The molecule has 0 atom stereocenters. The van der Waals surface area contributed by atoms with Crippen LogP contribution in [0.4, 0.5) is 0 Å². The zero-order valence-corrected chi connectivity index (χ0v) is 12.3. The molecule has 0 bridgehead atoms. The van der Waals surface area contributed by atoms with Crippen molar-refractivity contribution in [2.75, 3.05) is 6.26 Å². The van der Waals surface area contributed by atoms with E-state index >= 15 is 0 Å². The quantitative estimate of drug-likeness (QED) is 0.598. The maximum Gasteiger partial charge on any atom is 0.0349 e. The third-order valence-corrected chi connectivity index (χ3v) is 4.53. The summed E-state index contributed by atoms with van der Waals surface area (Å²) in [4.78, 5) is 0. The second kappa shape index (κ2) is 5.64. The van der Waals surface area contributed by atoms with Crippen molar-refractivity contribution in [2.45, 2.75) is 0 Å². The van der Waals surface area contributed by atoms with Crippen LogP contribution in [0.2, 0.25) is 0 Å². The van der Waals surface area contributed by atoms with Gasteiger partial charge in [-0.15, -0.1) is 23.1 Å². The van der Waals surface area contributed by atoms with Crippen LogP contribution in [-0.2, 0) is 0 Å². The summed E-state index contributed by atoms with van der Waals surface area (Å²) in [6.07, 6.45) is 2.11. The van der Waals surface area contributed by atoms with Gasteiger partial charge in [0.25, 0.3) is 0 Å². The Hall–Kier alpha value is -1.51. The van der Waals surface area contributed by atoms with Gasteiger partial charge in [-0.1, -0.05) is 48.5 Å². The summed E-state index contributed by atoms with van der Waals surface area (Å²) in [5.41, 5.74) is 3.92. The van der Waals surface area contributed by atoms with Crippen molar-refractivity contribution < 1.29 is 0 Å². The molecular formula is C17H14S2. The van der Waals surface area contributed by atoms with Gasteiger partial charge in [0.2, 0.25) is 0 Å². The van der Waals surface area contributed by atoms with Crippen molar-refractivity contribution in [3.8, 4) is 0 Å². The Morgan fingerprint density at radius 3 is 2.53 bits per heavy atom. The number of fused-ring (bicyclic) bond motifs is 1. The van der Waals surface area contributed by atoms with Gasteiger partial charge >= 0.3 is 0 Å². The van der Waals surface area contributed by atoms with Crippen molar-refractivity contribution in [1.29, 1.82) is 0 Å². The van der Waals surface area contributed by atoms with E-state index in [2.05, 4.69) is 71.6 Å². The van der Waals surface area contributed by atoms with Gasteiger partial charge in [-0.05, 0) is 34.2 Å². The first kappa shape index (κ1) is 12.5. The molecule has 0 saturated carbocycles. The highest BCUT2D eigenvalue weighted by molar-refractivity contribution is 8.01. The molecule has 0 spiro atoms. The topological polar surface area (TPSA) is 0 Å². The molecule has 0 aliphatic rings. The monoisotopic (exact) mass is 282 g/mol. The molecule has 0 fully saturated rings. The first-order valence-electron chi connectivity index (χ1n) is 6.15. The predicted molar refractivity (Wildman–Crippen MR) is 88.9 cm³/mol. The molecule has 94 valence electrons. The summed E-state index contributed by atoms with van der Waals surface area (Å²) in [6.45, 7) is 0. The lowest BCUT2D eigenvalue weighted by Crippen LogP contribution is -1.85. The molecule has 2 heteroatoms. The molecule has 0 N–H and O–H groups in total. The summed E-state index contributed by atoms with van der Waals surface area (Å²) in [5, 5.41) is 5.85. The van der Waals surface area contributed by atoms with E-state index in [4.69, 9.17) is 0 Å². The largest absolute Gasteiger partial charge is 0.143 e. The highest BCUT2D eigenvalue weighted by atomic mass is 32.2. The number of rotatable bonds is 3. The van der Waals surface area contributed by atoms with E-state index in [-0.39, 0.29) is 0 Å². The van der Waals surface area contributed by atoms with Crippen molar-refractivity contribution in [3.63, 3.8) is 0 Å². The Labute approximate surface area is 121 Å². The van der Waals surface area contributed by atoms with Gasteiger partial charge in [0, 0.05) is 15.6 Å². The van der Waals surface area contributed by atoms with Gasteiger partial charge in [0.1, 0.15) is 0 Å². The van der Waals surface area contributed by atoms with E-state index in [1.54, 1.807) is 11.8 Å². The average Bonchev–Trinajstić information content (AvgIpc) is 2.89. The smallest absolute Gasteiger partial charge is 0.0349 e. The third kappa shape index (κ3) is 2.46. The molecule has 1 aromatic heterocycles. The molecule has 0 saturated heterocycles. The molecule has 2 aromatic carbocycles. The van der Waals surface area contributed by atoms with Gasteiger partial charge < -0.3 is 0 Å². The van der Waals surface area contributed by atoms with Gasteiger partial charge in [0.15, 0.2) is 0 Å². The first-order valence-corrected chi connectivity index (χ1v) is 8.32. The molecule has 1 heterocycles. The fraction of sp³-hybridized carbons (Fsp3) is 0.0588. The van der Waals surface area contributed by atoms with Crippen LogP contribution in [0.3, 0.4) is 0 Å². The molecule has 0 aliphatic carbocycles. The summed E-state index contributed by atoms with van der Waals surface area (Å²) < 4.78 is 1.35. The Kier molecular flexibility index (Phi) is 3.72. The highest BCUT2D eigenvalue weighted by Gasteiger charge is 2.10. The second-order valence-electron chi connectivity index (χ2n) is 4.28. The van der Waals surface area contributed by atoms with E-state index in [0.29, 0.717) is 0 Å². The molecule has 0 radical (unpaired) electrons. The molecule has 0 amide bonds. The first-order chi connectivity index (χ1) is 9.40. The Morgan fingerprint density at radius 1 is 1.00 bits per heavy atom. The number of benzene rings is 2. The Balaban J connectivity index is 2.19. The summed E-state index contributed by atoms with van der Waals surface area (Å²) in [7, 11) is 0. The third-order valence-electron chi connectivity index (χ3n) is 3.09. The fourth-order valence-corrected chi connectivity index (χ4v) is 3.67. The maximum atomic E-state index is 2.26. The van der Waals surface area contributed by atoms with Crippen LogP contribution < -0.4 is 0 Å². The molecule has 0 aliphatic heterocycles. The van der Waals surface area contributed by atoms with Gasteiger partial charge in [0.05, 0.1) is 0 Å². The van der Waals surface area contributed by atoms with Crippen molar-refractivity contribution in [3.05, 3.63) is 76.5 Å². The van der Waals surface area contributed by atoms with Crippen LogP contribution in [-0.4, -0.2) is 6.26 Å². The maximum absolute atomic E-state index is 2.26. The number of hydrogen-bond acceptors (Lipinski definition) is 2. The highest BCUT2D eigenvalue weighted by Crippen LogP contribution is 2.35. The lowest BCUT2D eigenvalue weighted by Gasteiger charge is -2.07. The molecular weight excluding hydrogens is 268 g/mol. The van der Waals surface area contributed by atoms with Gasteiger partial charge in [-0.2, -0.15) is 0 Å². The van der Waals surface area contributed by atoms with Gasteiger partial charge in [-0.3, -0.25) is 0 Å². The number of thiophene rings is 1. The van der Waals surface area contributed by atoms with Crippen LogP contribution in [0.5, 0.6) is 0 Å². The zero-order valence-electron chi connectivity index (χ0n) is 10.7. The van der Waals surface area contributed by atoms with Crippen LogP contribution in [0.25, 0.3) is 15.7 Å². The Morgan fingerprint density at radius 2 is 1.74 bits per heavy atom. The summed E-state index contributed by atoms with van der Waals surface area (Å²) >= 11 is 3.57. The van der Waals surface area contributed by atoms with Crippen LogP contribution in [0.15, 0.2) is 65.4 Å². The lowest BCUT2D eigenvalue weighted by atomic mass is 9.99. The molecule has 19 heavy (non-hydrogen) atoms. The van der Waals surface area contributed by atoms with Crippen molar-refractivity contribution >= 4 is 38.8 Å². The van der Waals surface area contributed by atoms with E-state index in [1.807, 2.05) is 11.3 Å². The molecule has 0 nitrogen and oxygen atoms in total. The molecule has 3 rings (SSSR count). The van der Waals surface area contributed by atoms with E-state index < -0.39 is 0 Å². The molecule has 0 unspecified atom stereocenters. The normalized spacial score (nSPS) is 11.9. The Bertz CT molecular complexity index is 708. The SMILES string of the molecule is CS/C=C(\c1ccccc1)c1csc2ccccc12. The minimum Gasteiger partial charge on any atom is -0.143 e. The van der Waals surface area contributed by atoms with E-state index in [0.717, 1.165) is 0 Å². The predicted octanol–water partition coefficient (Wildman–Crippen LogP) is 5.65. The van der Waals surface area contributed by atoms with Gasteiger partial charge in [-0.25, -0.2) is 0 Å². The lowest BCUT2D eigenvalue weighted by molar-refractivity contribution is 1.61. The van der Waals surface area contributed by atoms with Crippen molar-refractivity contribution in [1.82, 2.24) is 0 Å². The minimum atomic E-state index is 1.28. The number of hydrogen-bond donors (Lipinski definition) is 0. The average molecular weight is 282 g/mol. The van der Waals surface area contributed by atoms with Crippen molar-refractivity contribution in [2.24, 2.45) is 0 Å². The minimum absolute atomic E-state index is 1.28. The van der Waals surface area contributed by atoms with E-state index in [1.165, 1.54) is 26.8 Å². The van der Waals surface area contributed by atoms with E-state index in [9.17, 15) is 0 Å². The summed E-state index contributed by atoms with van der Waals surface area (Å²) in [5.74, 6) is 0.